The van der Waals surface area contributed by atoms with Crippen LogP contribution in [0.2, 0.25) is 0 Å². The molecule has 164 valence electrons. The van der Waals surface area contributed by atoms with Gasteiger partial charge in [0.05, 0.1) is 0 Å². The molecule has 3 rings (SSSR count). The number of aryl methyl sites for hydroxylation is 1. The van der Waals surface area contributed by atoms with Crippen LogP contribution in [0.1, 0.15) is 26.7 Å². The predicted octanol–water partition coefficient (Wildman–Crippen LogP) is -0.214. The molecule has 0 saturated carbocycles. The Balaban J connectivity index is 2.04. The maximum atomic E-state index is 12.9. The SMILES string of the molecule is CC(C)=CCn1c(N(C)CC(N)C(=O)N2CCCC2)nc2c1c(=O)n(C)c(=O)n2C. The number of carbonyl (C=O) groups is 1. The summed E-state index contributed by atoms with van der Waals surface area (Å²) in [5.74, 6) is 0.417. The Morgan fingerprint density at radius 3 is 2.43 bits per heavy atom. The summed E-state index contributed by atoms with van der Waals surface area (Å²) < 4.78 is 4.22. The summed E-state index contributed by atoms with van der Waals surface area (Å²) in [6.45, 7) is 6.10. The minimum absolute atomic E-state index is 0.0744. The fourth-order valence-electron chi connectivity index (χ4n) is 3.80. The van der Waals surface area contributed by atoms with E-state index in [9.17, 15) is 14.4 Å². The molecule has 2 aromatic heterocycles. The van der Waals surface area contributed by atoms with Crippen molar-refractivity contribution in [2.24, 2.45) is 19.8 Å². The van der Waals surface area contributed by atoms with Crippen molar-refractivity contribution in [3.63, 3.8) is 0 Å². The zero-order chi connectivity index (χ0) is 22.2. The van der Waals surface area contributed by atoms with Crippen molar-refractivity contribution < 1.29 is 4.79 Å². The fourth-order valence-corrected chi connectivity index (χ4v) is 3.80. The minimum Gasteiger partial charge on any atom is -0.343 e. The van der Waals surface area contributed by atoms with Crippen LogP contribution in [0.25, 0.3) is 11.2 Å². The van der Waals surface area contributed by atoms with E-state index in [4.69, 9.17) is 5.73 Å². The number of likely N-dealkylation sites (tertiary alicyclic amines) is 1. The third-order valence-electron chi connectivity index (χ3n) is 5.56. The average Bonchev–Trinajstić information content (AvgIpc) is 3.36. The molecule has 1 aliphatic rings. The number of rotatable bonds is 6. The second-order valence-corrected chi connectivity index (χ2v) is 8.20. The Kier molecular flexibility index (Phi) is 6.16. The van der Waals surface area contributed by atoms with Gasteiger partial charge in [0.15, 0.2) is 11.2 Å². The third-order valence-corrected chi connectivity index (χ3v) is 5.56. The first-order chi connectivity index (χ1) is 14.1. The molecule has 1 atom stereocenters. The highest BCUT2D eigenvalue weighted by molar-refractivity contribution is 5.82. The largest absolute Gasteiger partial charge is 0.343 e. The Hall–Kier alpha value is -2.88. The summed E-state index contributed by atoms with van der Waals surface area (Å²) in [5, 5.41) is 0. The van der Waals surface area contributed by atoms with E-state index in [0.717, 1.165) is 36.1 Å². The summed E-state index contributed by atoms with van der Waals surface area (Å²) in [5.41, 5.74) is 7.12. The molecule has 10 nitrogen and oxygen atoms in total. The van der Waals surface area contributed by atoms with E-state index in [-0.39, 0.29) is 12.5 Å². The number of carbonyl (C=O) groups excluding carboxylic acids is 1. The van der Waals surface area contributed by atoms with Crippen molar-refractivity contribution in [1.82, 2.24) is 23.6 Å². The predicted molar refractivity (Wildman–Crippen MR) is 117 cm³/mol. The molecule has 0 radical (unpaired) electrons. The smallest absolute Gasteiger partial charge is 0.332 e. The van der Waals surface area contributed by atoms with Gasteiger partial charge in [0, 0.05) is 47.3 Å². The molecular formula is C20H31N7O3. The van der Waals surface area contributed by atoms with Gasteiger partial charge in [-0.25, -0.2) is 4.79 Å². The van der Waals surface area contributed by atoms with Crippen molar-refractivity contribution in [3.8, 4) is 0 Å². The van der Waals surface area contributed by atoms with E-state index in [1.807, 2.05) is 19.9 Å². The Bertz CT molecular complexity index is 1100. The molecule has 1 saturated heterocycles. The van der Waals surface area contributed by atoms with Gasteiger partial charge >= 0.3 is 5.69 Å². The lowest BCUT2D eigenvalue weighted by atomic mass is 10.2. The molecular weight excluding hydrogens is 386 g/mol. The van der Waals surface area contributed by atoms with Crippen molar-refractivity contribution in [1.29, 1.82) is 0 Å². The Morgan fingerprint density at radius 2 is 1.83 bits per heavy atom. The zero-order valence-electron chi connectivity index (χ0n) is 18.4. The molecule has 0 bridgehead atoms. The lowest BCUT2D eigenvalue weighted by molar-refractivity contribution is -0.131. The van der Waals surface area contributed by atoms with E-state index < -0.39 is 17.3 Å². The average molecular weight is 418 g/mol. The summed E-state index contributed by atoms with van der Waals surface area (Å²) in [7, 11) is 4.84. The highest BCUT2D eigenvalue weighted by atomic mass is 16.2. The molecule has 0 aliphatic carbocycles. The molecule has 2 aromatic rings. The monoisotopic (exact) mass is 417 g/mol. The number of aromatic nitrogens is 4. The first kappa shape index (κ1) is 21.8. The van der Waals surface area contributed by atoms with Crippen LogP contribution in [-0.2, 0) is 25.4 Å². The number of imidazole rings is 1. The van der Waals surface area contributed by atoms with Crippen LogP contribution in [-0.4, -0.2) is 62.2 Å². The third kappa shape index (κ3) is 3.91. The summed E-state index contributed by atoms with van der Waals surface area (Å²) in [4.78, 5) is 46.0. The quantitative estimate of drug-likeness (QED) is 0.651. The molecule has 1 unspecified atom stereocenters. The van der Waals surface area contributed by atoms with Crippen LogP contribution in [0.5, 0.6) is 0 Å². The van der Waals surface area contributed by atoms with Gasteiger partial charge in [0.2, 0.25) is 11.9 Å². The van der Waals surface area contributed by atoms with Gasteiger partial charge in [0.25, 0.3) is 5.56 Å². The lowest BCUT2D eigenvalue weighted by Gasteiger charge is -2.25. The molecule has 1 amide bonds. The van der Waals surface area contributed by atoms with E-state index in [1.165, 1.54) is 11.6 Å². The van der Waals surface area contributed by atoms with E-state index >= 15 is 0 Å². The number of likely N-dealkylation sites (N-methyl/N-ethyl adjacent to an activating group) is 1. The standard InChI is InChI=1S/C20H31N7O3/c1-13(2)8-11-27-15-16(24(4)20(30)25(5)18(15)29)22-19(27)23(3)12-14(21)17(28)26-9-6-7-10-26/h8,14H,6-7,9-12,21H2,1-5H3. The van der Waals surface area contributed by atoms with Crippen LogP contribution in [0.4, 0.5) is 5.95 Å². The van der Waals surface area contributed by atoms with Crippen LogP contribution in [0.15, 0.2) is 21.2 Å². The topological polar surface area (TPSA) is 111 Å². The second-order valence-electron chi connectivity index (χ2n) is 8.20. The highest BCUT2D eigenvalue weighted by Crippen LogP contribution is 2.20. The second kappa shape index (κ2) is 8.47. The van der Waals surface area contributed by atoms with Crippen LogP contribution in [0, 0.1) is 0 Å². The number of fused-ring (bicyclic) bond motifs is 1. The first-order valence-corrected chi connectivity index (χ1v) is 10.2. The maximum absolute atomic E-state index is 12.9. The Labute approximate surface area is 175 Å². The number of allylic oxidation sites excluding steroid dienone is 2. The zero-order valence-corrected chi connectivity index (χ0v) is 18.4. The van der Waals surface area contributed by atoms with Gasteiger partial charge in [-0.3, -0.25) is 18.7 Å². The van der Waals surface area contributed by atoms with Gasteiger partial charge in [-0.05, 0) is 26.7 Å². The Morgan fingerprint density at radius 1 is 1.20 bits per heavy atom. The van der Waals surface area contributed by atoms with Gasteiger partial charge in [-0.1, -0.05) is 11.6 Å². The van der Waals surface area contributed by atoms with Crippen molar-refractivity contribution in [3.05, 3.63) is 32.5 Å². The molecule has 3 heterocycles. The number of amides is 1. The molecule has 0 aromatic carbocycles. The van der Waals surface area contributed by atoms with Gasteiger partial charge < -0.3 is 20.1 Å². The van der Waals surface area contributed by atoms with E-state index in [1.54, 1.807) is 28.5 Å². The summed E-state index contributed by atoms with van der Waals surface area (Å²) in [6.07, 6.45) is 3.99. The van der Waals surface area contributed by atoms with Crippen molar-refractivity contribution >= 4 is 23.0 Å². The fraction of sp³-hybridized carbons (Fsp3) is 0.600. The van der Waals surface area contributed by atoms with Crippen LogP contribution < -0.4 is 21.9 Å². The number of nitrogens with two attached hydrogens (primary N) is 1. The van der Waals surface area contributed by atoms with Crippen LogP contribution in [0.3, 0.4) is 0 Å². The minimum atomic E-state index is -0.698. The number of anilines is 1. The summed E-state index contributed by atoms with van der Waals surface area (Å²) >= 11 is 0. The number of hydrogen-bond acceptors (Lipinski definition) is 6. The maximum Gasteiger partial charge on any atom is 0.332 e. The highest BCUT2D eigenvalue weighted by Gasteiger charge is 2.27. The number of nitrogens with zero attached hydrogens (tertiary/aromatic N) is 6. The van der Waals surface area contributed by atoms with Gasteiger partial charge in [0.1, 0.15) is 6.04 Å². The van der Waals surface area contributed by atoms with Crippen LogP contribution >= 0.6 is 0 Å². The first-order valence-electron chi connectivity index (χ1n) is 10.2. The number of hydrogen-bond donors (Lipinski definition) is 1. The molecule has 2 N–H and O–H groups in total. The molecule has 30 heavy (non-hydrogen) atoms. The van der Waals surface area contributed by atoms with Crippen molar-refractivity contribution in [2.75, 3.05) is 31.6 Å². The molecule has 0 spiro atoms. The van der Waals surface area contributed by atoms with E-state index in [2.05, 4.69) is 4.98 Å². The van der Waals surface area contributed by atoms with Crippen molar-refractivity contribution in [2.45, 2.75) is 39.3 Å². The summed E-state index contributed by atoms with van der Waals surface area (Å²) in [6, 6.07) is -0.698. The molecule has 1 fully saturated rings. The lowest BCUT2D eigenvalue weighted by Crippen LogP contribution is -2.48. The van der Waals surface area contributed by atoms with Gasteiger partial charge in [-0.15, -0.1) is 0 Å². The molecule has 10 heteroatoms. The van der Waals surface area contributed by atoms with E-state index in [0.29, 0.717) is 23.7 Å². The van der Waals surface area contributed by atoms with Gasteiger partial charge in [-0.2, -0.15) is 4.98 Å². The molecule has 1 aliphatic heterocycles. The normalized spacial score (nSPS) is 14.9.